The third-order valence-corrected chi connectivity index (χ3v) is 6.31. The summed E-state index contributed by atoms with van der Waals surface area (Å²) < 4.78 is 0. The summed E-state index contributed by atoms with van der Waals surface area (Å²) in [4.78, 5) is 12.2. The van der Waals surface area contributed by atoms with Gasteiger partial charge in [-0.15, -0.1) is 0 Å². The number of hydrogen-bond donors (Lipinski definition) is 0. The Kier molecular flexibility index (Phi) is 5.31. The van der Waals surface area contributed by atoms with Crippen molar-refractivity contribution in [2.75, 3.05) is 0 Å². The summed E-state index contributed by atoms with van der Waals surface area (Å²) in [5.74, 6) is 3.43. The highest BCUT2D eigenvalue weighted by Crippen LogP contribution is 2.57. The van der Waals surface area contributed by atoms with E-state index in [1.807, 2.05) is 0 Å². The molecule has 0 N–H and O–H groups in total. The van der Waals surface area contributed by atoms with Crippen molar-refractivity contribution in [2.45, 2.75) is 85.5 Å². The monoisotopic (exact) mass is 278 g/mol. The molecule has 2 rings (SSSR count). The van der Waals surface area contributed by atoms with Gasteiger partial charge in [0.2, 0.25) is 0 Å². The number of rotatable bonds is 6. The molecule has 2 aliphatic carbocycles. The molecule has 0 aromatic heterocycles. The van der Waals surface area contributed by atoms with Crippen LogP contribution in [0.15, 0.2) is 0 Å². The van der Waals surface area contributed by atoms with Crippen LogP contribution < -0.4 is 0 Å². The Morgan fingerprint density at radius 3 is 2.55 bits per heavy atom. The minimum absolute atomic E-state index is 0.340. The molecule has 1 unspecified atom stereocenters. The molecule has 0 bridgehead atoms. The lowest BCUT2D eigenvalue weighted by Gasteiger charge is -2.42. The lowest BCUT2D eigenvalue weighted by atomic mass is 9.62. The Hall–Kier alpha value is -0.330. The fraction of sp³-hybridized carbons (Fsp3) is 0.947. The summed E-state index contributed by atoms with van der Waals surface area (Å²) in [5, 5.41) is 0. The van der Waals surface area contributed by atoms with Crippen LogP contribution in [0.2, 0.25) is 0 Å². The molecule has 2 aliphatic rings. The van der Waals surface area contributed by atoms with Crippen molar-refractivity contribution in [3.05, 3.63) is 0 Å². The van der Waals surface area contributed by atoms with Gasteiger partial charge >= 0.3 is 0 Å². The minimum atomic E-state index is 0.340. The van der Waals surface area contributed by atoms with Gasteiger partial charge in [0.1, 0.15) is 5.78 Å². The van der Waals surface area contributed by atoms with Crippen LogP contribution in [0.25, 0.3) is 0 Å². The summed E-state index contributed by atoms with van der Waals surface area (Å²) in [6.07, 6.45) is 11.3. The Morgan fingerprint density at radius 2 is 1.85 bits per heavy atom. The Morgan fingerprint density at radius 1 is 1.15 bits per heavy atom. The van der Waals surface area contributed by atoms with E-state index < -0.39 is 0 Å². The Labute approximate surface area is 125 Å². The topological polar surface area (TPSA) is 17.1 Å². The molecule has 0 spiro atoms. The van der Waals surface area contributed by atoms with E-state index in [1.165, 1.54) is 44.9 Å². The van der Waals surface area contributed by atoms with Gasteiger partial charge in [0.25, 0.3) is 0 Å². The molecule has 1 nitrogen and oxygen atoms in total. The lowest BCUT2D eigenvalue weighted by Crippen LogP contribution is -2.39. The first-order valence-electron chi connectivity index (χ1n) is 8.98. The quantitative estimate of drug-likeness (QED) is 0.576. The highest BCUT2D eigenvalue weighted by atomic mass is 16.1. The minimum Gasteiger partial charge on any atom is -0.299 e. The molecule has 0 aliphatic heterocycles. The molecule has 1 heteroatoms. The van der Waals surface area contributed by atoms with Crippen molar-refractivity contribution in [1.82, 2.24) is 0 Å². The van der Waals surface area contributed by atoms with Crippen LogP contribution in [0, 0.1) is 29.1 Å². The maximum Gasteiger partial charge on any atom is 0.136 e. The number of ketones is 1. The van der Waals surface area contributed by atoms with Gasteiger partial charge in [-0.25, -0.2) is 0 Å². The average Bonchev–Trinajstić information content (AvgIpc) is 2.73. The predicted molar refractivity (Wildman–Crippen MR) is 85.6 cm³/mol. The molecule has 2 fully saturated rings. The third kappa shape index (κ3) is 3.28. The molecule has 0 saturated heterocycles. The van der Waals surface area contributed by atoms with Crippen LogP contribution in [-0.4, -0.2) is 5.78 Å². The largest absolute Gasteiger partial charge is 0.299 e. The molecule has 116 valence electrons. The van der Waals surface area contributed by atoms with E-state index in [0.29, 0.717) is 17.1 Å². The zero-order valence-electron chi connectivity index (χ0n) is 14.1. The molecule has 0 amide bonds. The molecular weight excluding hydrogens is 244 g/mol. The van der Waals surface area contributed by atoms with E-state index in [4.69, 9.17) is 0 Å². The SMILES string of the molecule is CC(C)CCCC[C@@H](C)C1CC[C@H]2C(=O)CCC[C@]12C. The van der Waals surface area contributed by atoms with Crippen LogP contribution in [0.4, 0.5) is 0 Å². The molecule has 2 saturated carbocycles. The summed E-state index contributed by atoms with van der Waals surface area (Å²) >= 11 is 0. The highest BCUT2D eigenvalue weighted by molar-refractivity contribution is 5.83. The van der Waals surface area contributed by atoms with Gasteiger partial charge in [-0.2, -0.15) is 0 Å². The maximum atomic E-state index is 12.2. The van der Waals surface area contributed by atoms with Gasteiger partial charge in [0.15, 0.2) is 0 Å². The average molecular weight is 278 g/mol. The third-order valence-electron chi connectivity index (χ3n) is 6.31. The zero-order valence-corrected chi connectivity index (χ0v) is 14.1. The van der Waals surface area contributed by atoms with Gasteiger partial charge in [-0.05, 0) is 48.9 Å². The smallest absolute Gasteiger partial charge is 0.136 e. The van der Waals surface area contributed by atoms with Crippen molar-refractivity contribution < 1.29 is 4.79 Å². The van der Waals surface area contributed by atoms with Crippen molar-refractivity contribution in [3.63, 3.8) is 0 Å². The van der Waals surface area contributed by atoms with Crippen molar-refractivity contribution in [1.29, 1.82) is 0 Å². The number of fused-ring (bicyclic) bond motifs is 1. The van der Waals surface area contributed by atoms with Crippen LogP contribution >= 0.6 is 0 Å². The summed E-state index contributed by atoms with van der Waals surface area (Å²) in [5.41, 5.74) is 0.340. The Bertz CT molecular complexity index is 333. The fourth-order valence-electron chi connectivity index (χ4n) is 5.12. The van der Waals surface area contributed by atoms with Gasteiger partial charge < -0.3 is 0 Å². The summed E-state index contributed by atoms with van der Waals surface area (Å²) in [6.45, 7) is 9.52. The maximum absolute atomic E-state index is 12.2. The molecule has 0 heterocycles. The van der Waals surface area contributed by atoms with E-state index in [-0.39, 0.29) is 0 Å². The number of hydrogen-bond acceptors (Lipinski definition) is 1. The highest BCUT2D eigenvalue weighted by Gasteiger charge is 2.52. The number of Topliss-reactive ketones (excluding diaryl/α,β-unsaturated/α-hetero) is 1. The number of carbonyl (C=O) groups excluding carboxylic acids is 1. The van der Waals surface area contributed by atoms with Gasteiger partial charge in [0.05, 0.1) is 0 Å². The first kappa shape index (κ1) is 16.0. The van der Waals surface area contributed by atoms with E-state index in [1.54, 1.807) is 0 Å². The molecular formula is C19H34O. The summed E-state index contributed by atoms with van der Waals surface area (Å²) in [7, 11) is 0. The Balaban J connectivity index is 1.87. The molecule has 0 radical (unpaired) electrons. The van der Waals surface area contributed by atoms with Crippen molar-refractivity contribution >= 4 is 5.78 Å². The van der Waals surface area contributed by atoms with Crippen LogP contribution in [0.3, 0.4) is 0 Å². The van der Waals surface area contributed by atoms with Gasteiger partial charge in [0, 0.05) is 12.3 Å². The first-order chi connectivity index (χ1) is 9.45. The molecule has 4 atom stereocenters. The van der Waals surface area contributed by atoms with E-state index in [2.05, 4.69) is 27.7 Å². The number of carbonyl (C=O) groups is 1. The van der Waals surface area contributed by atoms with Crippen molar-refractivity contribution in [3.8, 4) is 0 Å². The van der Waals surface area contributed by atoms with E-state index >= 15 is 0 Å². The first-order valence-corrected chi connectivity index (χ1v) is 8.98. The lowest BCUT2D eigenvalue weighted by molar-refractivity contribution is -0.130. The second-order valence-electron chi connectivity index (χ2n) is 8.22. The standard InChI is InChI=1S/C19H34O/c1-14(2)8-5-6-9-15(3)16-11-12-17-18(20)10-7-13-19(16,17)4/h14-17H,5-13H2,1-4H3/t15-,16?,17+,19-/m1/s1. The molecule has 0 aromatic carbocycles. The van der Waals surface area contributed by atoms with Crippen LogP contribution in [-0.2, 0) is 4.79 Å². The van der Waals surface area contributed by atoms with E-state index in [9.17, 15) is 4.79 Å². The molecule has 0 aromatic rings. The predicted octanol–water partition coefficient (Wildman–Crippen LogP) is 5.62. The molecule has 20 heavy (non-hydrogen) atoms. The second-order valence-corrected chi connectivity index (χ2v) is 8.22. The second kappa shape index (κ2) is 6.62. The van der Waals surface area contributed by atoms with E-state index in [0.717, 1.165) is 30.6 Å². The zero-order chi connectivity index (χ0) is 14.8. The normalized spacial score (nSPS) is 35.4. The number of unbranched alkanes of at least 4 members (excludes halogenated alkanes) is 1. The van der Waals surface area contributed by atoms with Gasteiger partial charge in [-0.1, -0.05) is 53.4 Å². The van der Waals surface area contributed by atoms with Gasteiger partial charge in [-0.3, -0.25) is 4.79 Å². The van der Waals surface area contributed by atoms with Crippen LogP contribution in [0.1, 0.15) is 85.5 Å². The fourth-order valence-corrected chi connectivity index (χ4v) is 5.12. The van der Waals surface area contributed by atoms with Crippen LogP contribution in [0.5, 0.6) is 0 Å². The summed E-state index contributed by atoms with van der Waals surface area (Å²) in [6, 6.07) is 0. The van der Waals surface area contributed by atoms with Crippen molar-refractivity contribution in [2.24, 2.45) is 29.1 Å².